The van der Waals surface area contributed by atoms with E-state index in [1.807, 2.05) is 60.9 Å². The van der Waals surface area contributed by atoms with E-state index >= 15 is 0 Å². The smallest absolute Gasteiger partial charge is 0.229 e. The first kappa shape index (κ1) is 12.2. The summed E-state index contributed by atoms with van der Waals surface area (Å²) in [5, 5.41) is 0. The summed E-state index contributed by atoms with van der Waals surface area (Å²) in [6.45, 7) is 0. The molecule has 0 amide bonds. The van der Waals surface area contributed by atoms with Crippen LogP contribution in [0, 0.1) is 0 Å². The molecule has 1 aromatic carbocycles. The number of pyridine rings is 1. The van der Waals surface area contributed by atoms with Gasteiger partial charge in [0.2, 0.25) is 6.29 Å². The molecule has 0 unspecified atom stereocenters. The molecule has 1 aromatic heterocycles. The minimum atomic E-state index is 0.662. The van der Waals surface area contributed by atoms with Crippen molar-refractivity contribution in [3.8, 4) is 0 Å². The number of aromatic nitrogens is 1. The first-order valence-electron chi connectivity index (χ1n) is 5.92. The van der Waals surface area contributed by atoms with Gasteiger partial charge in [-0.05, 0) is 36.6 Å². The number of aryl methyl sites for hydroxylation is 1. The quantitative estimate of drug-likeness (QED) is 0.746. The van der Waals surface area contributed by atoms with Crippen LogP contribution in [0.25, 0.3) is 6.08 Å². The lowest BCUT2D eigenvalue weighted by molar-refractivity contribution is 0.560. The zero-order valence-electron chi connectivity index (χ0n) is 10.0. The molecule has 0 fully saturated rings. The first-order chi connectivity index (χ1) is 8.88. The Morgan fingerprint density at radius 2 is 1.89 bits per heavy atom. The number of nitrogens with zero attached hydrogens (tertiary/aromatic N) is 1. The van der Waals surface area contributed by atoms with Crippen molar-refractivity contribution in [2.45, 2.75) is 12.8 Å². The maximum Gasteiger partial charge on any atom is 0.229 e. The predicted molar refractivity (Wildman–Crippen MR) is 72.7 cm³/mol. The summed E-state index contributed by atoms with van der Waals surface area (Å²) in [5.41, 5.74) is 2.69. The van der Waals surface area contributed by atoms with Gasteiger partial charge in [-0.25, -0.2) is 0 Å². The molecular formula is C16H14NO. The molecule has 1 radical (unpaired) electrons. The highest BCUT2D eigenvalue weighted by molar-refractivity contribution is 5.82. The van der Waals surface area contributed by atoms with Crippen molar-refractivity contribution >= 4 is 12.4 Å². The monoisotopic (exact) mass is 236 g/mol. The molecule has 0 aliphatic carbocycles. The summed E-state index contributed by atoms with van der Waals surface area (Å²) >= 11 is 0. The highest BCUT2D eigenvalue weighted by Gasteiger charge is 2.00. The molecule has 0 N–H and O–H groups in total. The lowest BCUT2D eigenvalue weighted by Gasteiger charge is -2.00. The molecule has 0 bridgehead atoms. The van der Waals surface area contributed by atoms with E-state index in [9.17, 15) is 4.79 Å². The van der Waals surface area contributed by atoms with Crippen LogP contribution in [0.5, 0.6) is 0 Å². The second kappa shape index (κ2) is 6.50. The third-order valence-corrected chi connectivity index (χ3v) is 2.65. The van der Waals surface area contributed by atoms with Crippen molar-refractivity contribution < 1.29 is 4.79 Å². The Balaban J connectivity index is 2.02. The van der Waals surface area contributed by atoms with Crippen LogP contribution < -0.4 is 0 Å². The predicted octanol–water partition coefficient (Wildman–Crippen LogP) is 3.21. The normalized spacial score (nSPS) is 11.2. The molecule has 0 saturated heterocycles. The van der Waals surface area contributed by atoms with Crippen molar-refractivity contribution in [1.82, 2.24) is 4.98 Å². The summed E-state index contributed by atoms with van der Waals surface area (Å²) < 4.78 is 0. The average molecular weight is 236 g/mol. The summed E-state index contributed by atoms with van der Waals surface area (Å²) in [4.78, 5) is 15.2. The maximum absolute atomic E-state index is 10.9. The number of benzene rings is 1. The van der Waals surface area contributed by atoms with Crippen LogP contribution >= 0.6 is 0 Å². The molecule has 2 nitrogen and oxygen atoms in total. The van der Waals surface area contributed by atoms with Crippen LogP contribution in [0.4, 0.5) is 0 Å². The van der Waals surface area contributed by atoms with E-state index < -0.39 is 0 Å². The highest BCUT2D eigenvalue weighted by Crippen LogP contribution is 2.10. The van der Waals surface area contributed by atoms with Crippen LogP contribution in [0.2, 0.25) is 0 Å². The van der Waals surface area contributed by atoms with E-state index in [4.69, 9.17) is 0 Å². The zero-order valence-corrected chi connectivity index (χ0v) is 10.0. The average Bonchev–Trinajstić information content (AvgIpc) is 2.45. The second-order valence-corrected chi connectivity index (χ2v) is 4.00. The Labute approximate surface area is 107 Å². The Morgan fingerprint density at radius 1 is 1.11 bits per heavy atom. The van der Waals surface area contributed by atoms with Gasteiger partial charge in [0.25, 0.3) is 0 Å². The fourth-order valence-electron chi connectivity index (χ4n) is 1.71. The van der Waals surface area contributed by atoms with Gasteiger partial charge in [0, 0.05) is 17.5 Å². The van der Waals surface area contributed by atoms with Gasteiger partial charge < -0.3 is 0 Å². The van der Waals surface area contributed by atoms with Crippen LogP contribution in [-0.4, -0.2) is 11.3 Å². The zero-order chi connectivity index (χ0) is 12.6. The van der Waals surface area contributed by atoms with Gasteiger partial charge >= 0.3 is 0 Å². The molecule has 0 spiro atoms. The molecule has 0 aliphatic heterocycles. The summed E-state index contributed by atoms with van der Waals surface area (Å²) in [7, 11) is 0. The van der Waals surface area contributed by atoms with Crippen LogP contribution in [-0.2, 0) is 11.2 Å². The minimum Gasteiger partial charge on any atom is -0.285 e. The van der Waals surface area contributed by atoms with E-state index in [0.717, 1.165) is 17.7 Å². The van der Waals surface area contributed by atoms with E-state index in [1.165, 1.54) is 0 Å². The number of rotatable bonds is 5. The van der Waals surface area contributed by atoms with Gasteiger partial charge in [-0.2, -0.15) is 0 Å². The third kappa shape index (κ3) is 3.67. The highest BCUT2D eigenvalue weighted by atomic mass is 16.1. The fourth-order valence-corrected chi connectivity index (χ4v) is 1.71. The van der Waals surface area contributed by atoms with Crippen LogP contribution in [0.15, 0.2) is 60.3 Å². The van der Waals surface area contributed by atoms with Crippen molar-refractivity contribution in [2.24, 2.45) is 0 Å². The van der Waals surface area contributed by atoms with E-state index in [0.29, 0.717) is 12.0 Å². The molecule has 2 rings (SSSR count). The number of carbonyl (C=O) groups excluding carboxylic acids is 1. The molecule has 0 atom stereocenters. The first-order valence-corrected chi connectivity index (χ1v) is 5.92. The van der Waals surface area contributed by atoms with Crippen LogP contribution in [0.1, 0.15) is 17.7 Å². The van der Waals surface area contributed by atoms with Gasteiger partial charge in [0.1, 0.15) is 0 Å². The van der Waals surface area contributed by atoms with Crippen molar-refractivity contribution in [3.05, 3.63) is 71.6 Å². The standard InChI is InChI=1S/C16H14NO/c18-13-15(12-14-6-2-1-3-7-14)9-10-16-8-4-5-11-17-16/h1-8,11-12H,9-10H2. The third-order valence-electron chi connectivity index (χ3n) is 2.65. The Morgan fingerprint density at radius 3 is 2.56 bits per heavy atom. The summed E-state index contributed by atoms with van der Waals surface area (Å²) in [5.74, 6) is 0. The van der Waals surface area contributed by atoms with Crippen LogP contribution in [0.3, 0.4) is 0 Å². The molecule has 1 heterocycles. The van der Waals surface area contributed by atoms with Gasteiger partial charge in [-0.3, -0.25) is 9.78 Å². The van der Waals surface area contributed by atoms with Gasteiger partial charge in [0.05, 0.1) is 0 Å². The molecule has 2 aromatic rings. The van der Waals surface area contributed by atoms with Crippen molar-refractivity contribution in [1.29, 1.82) is 0 Å². The van der Waals surface area contributed by atoms with E-state index in [2.05, 4.69) is 4.98 Å². The minimum absolute atomic E-state index is 0.662. The number of hydrogen-bond donors (Lipinski definition) is 0. The van der Waals surface area contributed by atoms with E-state index in [1.54, 1.807) is 6.20 Å². The molecule has 89 valence electrons. The lowest BCUT2D eigenvalue weighted by atomic mass is 10.1. The second-order valence-electron chi connectivity index (χ2n) is 4.00. The maximum atomic E-state index is 10.9. The SMILES string of the molecule is O=[C]C(=Cc1ccccc1)CCc1ccccn1. The van der Waals surface area contributed by atoms with Gasteiger partial charge in [-0.15, -0.1) is 0 Å². The van der Waals surface area contributed by atoms with E-state index in [-0.39, 0.29) is 0 Å². The largest absolute Gasteiger partial charge is 0.285 e. The molecule has 0 saturated carbocycles. The van der Waals surface area contributed by atoms with Gasteiger partial charge in [0.15, 0.2) is 0 Å². The molecule has 18 heavy (non-hydrogen) atoms. The fraction of sp³-hybridized carbons (Fsp3) is 0.125. The molecule has 0 aliphatic rings. The lowest BCUT2D eigenvalue weighted by Crippen LogP contribution is -1.93. The van der Waals surface area contributed by atoms with Crippen molar-refractivity contribution in [2.75, 3.05) is 0 Å². The number of allylic oxidation sites excluding steroid dienone is 1. The summed E-state index contributed by atoms with van der Waals surface area (Å²) in [6, 6.07) is 15.6. The Bertz CT molecular complexity index is 517. The Hall–Kier alpha value is -2.22. The van der Waals surface area contributed by atoms with Crippen molar-refractivity contribution in [3.63, 3.8) is 0 Å². The summed E-state index contributed by atoms with van der Waals surface area (Å²) in [6.07, 6.45) is 7.06. The number of hydrogen-bond acceptors (Lipinski definition) is 2. The molecule has 2 heteroatoms. The molecular weight excluding hydrogens is 222 g/mol. The Kier molecular flexibility index (Phi) is 4.42. The van der Waals surface area contributed by atoms with Gasteiger partial charge in [-0.1, -0.05) is 36.4 Å². The topological polar surface area (TPSA) is 30.0 Å².